The molecule has 178 valence electrons. The molecule has 13 heteroatoms. The molecule has 2 unspecified atom stereocenters. The molecular weight excluding hydrogens is 452 g/mol. The Bertz CT molecular complexity index is 1260. The standard InChI is InChI=1S/C20H26N6O6S/c1-12-17(18(27)22-20(29)21-12)33(30,31)26-8-6-25(7-9-26)19(28)16-11-15(23-24-16)13-4-3-5-14(10-13)32-2/h3-5,10,15-16,23-24H,6-9,11H2,1-2H3,(H2,21,22,27,29). The molecule has 3 heterocycles. The van der Waals surface area contributed by atoms with Crippen LogP contribution in [0.2, 0.25) is 0 Å². The number of hydrazine groups is 1. The van der Waals surface area contributed by atoms with E-state index < -0.39 is 32.2 Å². The number of methoxy groups -OCH3 is 1. The molecule has 33 heavy (non-hydrogen) atoms. The lowest BCUT2D eigenvalue weighted by molar-refractivity contribution is -0.134. The summed E-state index contributed by atoms with van der Waals surface area (Å²) in [5.41, 5.74) is 5.42. The highest BCUT2D eigenvalue weighted by Gasteiger charge is 2.37. The van der Waals surface area contributed by atoms with Gasteiger partial charge in [-0.3, -0.25) is 14.6 Å². The number of amides is 1. The Morgan fingerprint density at radius 3 is 2.48 bits per heavy atom. The lowest BCUT2D eigenvalue weighted by Gasteiger charge is -2.35. The maximum absolute atomic E-state index is 13.0. The van der Waals surface area contributed by atoms with Crippen LogP contribution in [0.4, 0.5) is 0 Å². The van der Waals surface area contributed by atoms with Crippen molar-refractivity contribution in [1.82, 2.24) is 30.0 Å². The molecule has 0 bridgehead atoms. The first kappa shape index (κ1) is 23.2. The highest BCUT2D eigenvalue weighted by atomic mass is 32.2. The van der Waals surface area contributed by atoms with Crippen LogP contribution in [0.25, 0.3) is 0 Å². The van der Waals surface area contributed by atoms with E-state index in [1.54, 1.807) is 12.0 Å². The summed E-state index contributed by atoms with van der Waals surface area (Å²) in [7, 11) is -2.52. The van der Waals surface area contributed by atoms with E-state index in [1.807, 2.05) is 29.2 Å². The summed E-state index contributed by atoms with van der Waals surface area (Å²) >= 11 is 0. The Morgan fingerprint density at radius 2 is 1.82 bits per heavy atom. The number of H-pyrrole nitrogens is 2. The zero-order chi connectivity index (χ0) is 23.8. The first-order chi connectivity index (χ1) is 15.7. The maximum atomic E-state index is 13.0. The second kappa shape index (κ2) is 9.09. The van der Waals surface area contributed by atoms with Gasteiger partial charge in [0, 0.05) is 37.9 Å². The number of rotatable bonds is 5. The molecule has 0 spiro atoms. The van der Waals surface area contributed by atoms with Gasteiger partial charge in [-0.1, -0.05) is 12.1 Å². The number of carbonyl (C=O) groups excluding carboxylic acids is 1. The van der Waals surface area contributed by atoms with Crippen molar-refractivity contribution in [3.8, 4) is 5.75 Å². The SMILES string of the molecule is COc1cccc(C2CC(C(=O)N3CCN(S(=O)(=O)c4c(C)[nH]c(=O)[nH]c4=O)CC3)NN2)c1. The van der Waals surface area contributed by atoms with E-state index >= 15 is 0 Å². The van der Waals surface area contributed by atoms with Gasteiger partial charge in [0.25, 0.3) is 5.56 Å². The van der Waals surface area contributed by atoms with E-state index in [4.69, 9.17) is 4.74 Å². The number of ether oxygens (including phenoxy) is 1. The molecule has 2 aliphatic rings. The maximum Gasteiger partial charge on any atom is 0.325 e. The van der Waals surface area contributed by atoms with Gasteiger partial charge in [0.1, 0.15) is 11.8 Å². The smallest absolute Gasteiger partial charge is 0.325 e. The summed E-state index contributed by atoms with van der Waals surface area (Å²) in [5, 5.41) is 0. The first-order valence-electron chi connectivity index (χ1n) is 10.5. The van der Waals surface area contributed by atoms with Crippen LogP contribution in [0, 0.1) is 6.92 Å². The number of aromatic amines is 2. The number of hydrogen-bond donors (Lipinski definition) is 4. The van der Waals surface area contributed by atoms with Crippen molar-refractivity contribution in [3.63, 3.8) is 0 Å². The van der Waals surface area contributed by atoms with Gasteiger partial charge < -0.3 is 14.6 Å². The Balaban J connectivity index is 1.39. The number of aromatic nitrogens is 2. The van der Waals surface area contributed by atoms with Gasteiger partial charge in [-0.2, -0.15) is 4.31 Å². The molecule has 4 rings (SSSR count). The van der Waals surface area contributed by atoms with Crippen molar-refractivity contribution in [1.29, 1.82) is 0 Å². The Labute approximate surface area is 190 Å². The lowest BCUT2D eigenvalue weighted by atomic mass is 10.0. The second-order valence-corrected chi connectivity index (χ2v) is 9.87. The van der Waals surface area contributed by atoms with E-state index in [9.17, 15) is 22.8 Å². The van der Waals surface area contributed by atoms with Crippen LogP contribution in [0.5, 0.6) is 5.75 Å². The molecule has 1 aromatic carbocycles. The first-order valence-corrected chi connectivity index (χ1v) is 11.9. The third-order valence-electron chi connectivity index (χ3n) is 5.92. The summed E-state index contributed by atoms with van der Waals surface area (Å²) < 4.78 is 32.4. The molecule has 2 aromatic rings. The summed E-state index contributed by atoms with van der Waals surface area (Å²) in [6.45, 7) is 1.85. The Hall–Kier alpha value is -3.00. The van der Waals surface area contributed by atoms with Crippen LogP contribution in [-0.4, -0.2) is 72.8 Å². The third kappa shape index (κ3) is 4.57. The number of piperazine rings is 1. The van der Waals surface area contributed by atoms with Gasteiger partial charge >= 0.3 is 5.69 Å². The quantitative estimate of drug-likeness (QED) is 0.418. The van der Waals surface area contributed by atoms with Crippen LogP contribution < -0.4 is 26.8 Å². The number of carbonyl (C=O) groups is 1. The van der Waals surface area contributed by atoms with Gasteiger partial charge in [-0.15, -0.1) is 0 Å². The van der Waals surface area contributed by atoms with Crippen molar-refractivity contribution in [2.75, 3.05) is 33.3 Å². The van der Waals surface area contributed by atoms with Gasteiger partial charge in [-0.25, -0.2) is 24.1 Å². The number of nitrogens with zero attached hydrogens (tertiary/aromatic N) is 2. The minimum Gasteiger partial charge on any atom is -0.497 e. The lowest BCUT2D eigenvalue weighted by Crippen LogP contribution is -2.55. The zero-order valence-electron chi connectivity index (χ0n) is 18.3. The minimum atomic E-state index is -4.12. The molecule has 0 aliphatic carbocycles. The summed E-state index contributed by atoms with van der Waals surface area (Å²) in [6.07, 6.45) is 0.538. The largest absolute Gasteiger partial charge is 0.497 e. The Kier molecular flexibility index (Phi) is 6.38. The molecular formula is C20H26N6O6S. The topological polar surface area (TPSA) is 157 Å². The fraction of sp³-hybridized carbons (Fsp3) is 0.450. The molecule has 2 aliphatic heterocycles. The highest BCUT2D eigenvalue weighted by Crippen LogP contribution is 2.26. The monoisotopic (exact) mass is 478 g/mol. The van der Waals surface area contributed by atoms with Gasteiger partial charge in [-0.05, 0) is 31.0 Å². The van der Waals surface area contributed by atoms with Crippen molar-refractivity contribution in [2.45, 2.75) is 30.3 Å². The van der Waals surface area contributed by atoms with Crippen LogP contribution in [0.3, 0.4) is 0 Å². The van der Waals surface area contributed by atoms with Crippen molar-refractivity contribution in [3.05, 3.63) is 56.4 Å². The summed E-state index contributed by atoms with van der Waals surface area (Å²) in [4.78, 5) is 41.9. The number of aryl methyl sites for hydroxylation is 1. The van der Waals surface area contributed by atoms with E-state index in [2.05, 4.69) is 15.8 Å². The third-order valence-corrected chi connectivity index (χ3v) is 7.97. The van der Waals surface area contributed by atoms with E-state index in [1.165, 1.54) is 6.92 Å². The minimum absolute atomic E-state index is 0.0212. The Morgan fingerprint density at radius 1 is 1.09 bits per heavy atom. The number of hydrogen-bond acceptors (Lipinski definition) is 8. The van der Waals surface area contributed by atoms with E-state index in [0.717, 1.165) is 15.6 Å². The number of sulfonamides is 1. The molecule has 1 amide bonds. The number of benzene rings is 1. The molecule has 0 saturated carbocycles. The van der Waals surface area contributed by atoms with Gasteiger partial charge in [0.05, 0.1) is 7.11 Å². The molecule has 2 fully saturated rings. The average Bonchev–Trinajstić information content (AvgIpc) is 3.28. The van der Waals surface area contributed by atoms with Crippen molar-refractivity contribution < 1.29 is 17.9 Å². The van der Waals surface area contributed by atoms with Crippen molar-refractivity contribution >= 4 is 15.9 Å². The van der Waals surface area contributed by atoms with E-state index in [0.29, 0.717) is 6.42 Å². The predicted octanol–water partition coefficient (Wildman–Crippen LogP) is -1.18. The molecule has 2 atom stereocenters. The fourth-order valence-electron chi connectivity index (χ4n) is 4.19. The summed E-state index contributed by atoms with van der Waals surface area (Å²) in [5.74, 6) is 0.612. The van der Waals surface area contributed by atoms with Gasteiger partial charge in [0.15, 0.2) is 4.90 Å². The highest BCUT2D eigenvalue weighted by molar-refractivity contribution is 7.89. The summed E-state index contributed by atoms with van der Waals surface area (Å²) in [6, 6.07) is 7.10. The second-order valence-electron chi connectivity index (χ2n) is 8.00. The van der Waals surface area contributed by atoms with Crippen LogP contribution in [-0.2, 0) is 14.8 Å². The fourth-order valence-corrected chi connectivity index (χ4v) is 5.82. The van der Waals surface area contributed by atoms with Crippen molar-refractivity contribution in [2.24, 2.45) is 0 Å². The zero-order valence-corrected chi connectivity index (χ0v) is 19.1. The number of nitrogens with one attached hydrogen (secondary N) is 4. The molecule has 0 radical (unpaired) electrons. The average molecular weight is 479 g/mol. The molecule has 12 nitrogen and oxygen atoms in total. The van der Waals surface area contributed by atoms with Crippen LogP contribution >= 0.6 is 0 Å². The molecule has 1 aromatic heterocycles. The van der Waals surface area contributed by atoms with E-state index in [-0.39, 0.29) is 43.8 Å². The van der Waals surface area contributed by atoms with Crippen LogP contribution in [0.1, 0.15) is 23.7 Å². The van der Waals surface area contributed by atoms with Gasteiger partial charge in [0.2, 0.25) is 15.9 Å². The molecule has 2 saturated heterocycles. The predicted molar refractivity (Wildman–Crippen MR) is 118 cm³/mol. The normalized spacial score (nSPS) is 21.8. The van der Waals surface area contributed by atoms with Crippen LogP contribution in [0.15, 0.2) is 38.8 Å². The molecule has 4 N–H and O–H groups in total.